The van der Waals surface area contributed by atoms with E-state index in [-0.39, 0.29) is 0 Å². The molecule has 0 saturated heterocycles. The van der Waals surface area contributed by atoms with E-state index in [1.54, 1.807) is 12.1 Å². The van der Waals surface area contributed by atoms with Gasteiger partial charge in [0.2, 0.25) is 0 Å². The van der Waals surface area contributed by atoms with Gasteiger partial charge in [0.15, 0.2) is 0 Å². The van der Waals surface area contributed by atoms with Gasteiger partial charge in [0.05, 0.1) is 5.56 Å². The Kier molecular flexibility index (Phi) is 3.38. The SMILES string of the molecule is Cc1cc(C(=O)O)ccc1C1=CCCC=C1S. The summed E-state index contributed by atoms with van der Waals surface area (Å²) in [7, 11) is 0. The number of carboxylic acids is 1. The van der Waals surface area contributed by atoms with Gasteiger partial charge in [0.1, 0.15) is 0 Å². The lowest BCUT2D eigenvalue weighted by atomic mass is 9.94. The fourth-order valence-electron chi connectivity index (χ4n) is 2.01. The van der Waals surface area contributed by atoms with Crippen molar-refractivity contribution in [2.75, 3.05) is 0 Å². The molecule has 0 heterocycles. The number of hydrogen-bond acceptors (Lipinski definition) is 2. The molecule has 1 N–H and O–H groups in total. The Balaban J connectivity index is 2.44. The van der Waals surface area contributed by atoms with Gasteiger partial charge in [-0.15, -0.1) is 12.6 Å². The van der Waals surface area contributed by atoms with Gasteiger partial charge in [-0.2, -0.15) is 0 Å². The summed E-state index contributed by atoms with van der Waals surface area (Å²) in [6.45, 7) is 1.93. The second-order valence-electron chi connectivity index (χ2n) is 4.12. The number of carbonyl (C=O) groups is 1. The highest BCUT2D eigenvalue weighted by Gasteiger charge is 2.12. The Labute approximate surface area is 106 Å². The number of hydrogen-bond donors (Lipinski definition) is 2. The predicted octanol–water partition coefficient (Wildman–Crippen LogP) is 3.68. The molecule has 2 nitrogen and oxygen atoms in total. The zero-order chi connectivity index (χ0) is 12.4. The van der Waals surface area contributed by atoms with Gasteiger partial charge in [-0.3, -0.25) is 0 Å². The third-order valence-corrected chi connectivity index (χ3v) is 3.32. The van der Waals surface area contributed by atoms with Crippen LogP contribution in [0.2, 0.25) is 0 Å². The van der Waals surface area contributed by atoms with Gasteiger partial charge in [-0.05, 0) is 48.6 Å². The van der Waals surface area contributed by atoms with Crippen LogP contribution < -0.4 is 0 Å². The molecule has 0 spiro atoms. The number of benzene rings is 1. The molecule has 0 radical (unpaired) electrons. The molecule has 1 aliphatic carbocycles. The largest absolute Gasteiger partial charge is 0.478 e. The van der Waals surface area contributed by atoms with E-state index in [1.165, 1.54) is 0 Å². The molecule has 0 aliphatic heterocycles. The Morgan fingerprint density at radius 3 is 2.59 bits per heavy atom. The molecule has 3 heteroatoms. The van der Waals surface area contributed by atoms with Crippen molar-refractivity contribution in [2.24, 2.45) is 0 Å². The number of rotatable bonds is 2. The summed E-state index contributed by atoms with van der Waals surface area (Å²) in [5.74, 6) is -0.890. The van der Waals surface area contributed by atoms with E-state index in [0.717, 1.165) is 34.4 Å². The van der Waals surface area contributed by atoms with Crippen LogP contribution in [0.15, 0.2) is 35.3 Å². The van der Waals surface area contributed by atoms with Crippen LogP contribution in [0, 0.1) is 6.92 Å². The van der Waals surface area contributed by atoms with Crippen LogP contribution in [0.25, 0.3) is 5.57 Å². The Hall–Kier alpha value is -1.48. The minimum atomic E-state index is -0.890. The maximum absolute atomic E-state index is 10.9. The van der Waals surface area contributed by atoms with Crippen molar-refractivity contribution >= 4 is 24.2 Å². The highest BCUT2D eigenvalue weighted by atomic mass is 32.1. The van der Waals surface area contributed by atoms with Gasteiger partial charge >= 0.3 is 5.97 Å². The van der Waals surface area contributed by atoms with E-state index < -0.39 is 5.97 Å². The molecule has 88 valence electrons. The van der Waals surface area contributed by atoms with Crippen molar-refractivity contribution in [3.8, 4) is 0 Å². The minimum absolute atomic E-state index is 0.326. The van der Waals surface area contributed by atoms with Crippen molar-refractivity contribution < 1.29 is 9.90 Å². The molecule has 2 rings (SSSR count). The molecule has 0 fully saturated rings. The average Bonchev–Trinajstić information content (AvgIpc) is 2.30. The van der Waals surface area contributed by atoms with Crippen molar-refractivity contribution in [1.29, 1.82) is 0 Å². The number of thiol groups is 1. The van der Waals surface area contributed by atoms with Crippen LogP contribution in [0.4, 0.5) is 0 Å². The average molecular weight is 246 g/mol. The topological polar surface area (TPSA) is 37.3 Å². The lowest BCUT2D eigenvalue weighted by molar-refractivity contribution is 0.0697. The Morgan fingerprint density at radius 1 is 1.29 bits per heavy atom. The minimum Gasteiger partial charge on any atom is -0.478 e. The molecular weight excluding hydrogens is 232 g/mol. The smallest absolute Gasteiger partial charge is 0.335 e. The van der Waals surface area contributed by atoms with E-state index in [9.17, 15) is 4.79 Å². The second-order valence-corrected chi connectivity index (χ2v) is 4.60. The third kappa shape index (κ3) is 2.44. The summed E-state index contributed by atoms with van der Waals surface area (Å²) in [5, 5.41) is 8.92. The van der Waals surface area contributed by atoms with Gasteiger partial charge in [-0.1, -0.05) is 18.2 Å². The summed E-state index contributed by atoms with van der Waals surface area (Å²) in [6.07, 6.45) is 6.29. The lowest BCUT2D eigenvalue weighted by Crippen LogP contribution is -1.99. The number of aryl methyl sites for hydroxylation is 1. The van der Waals surface area contributed by atoms with E-state index in [2.05, 4.69) is 24.8 Å². The molecule has 0 saturated carbocycles. The van der Waals surface area contributed by atoms with Crippen LogP contribution in [0.1, 0.15) is 34.3 Å². The number of allylic oxidation sites excluding steroid dienone is 3. The summed E-state index contributed by atoms with van der Waals surface area (Å²) < 4.78 is 0. The quantitative estimate of drug-likeness (QED) is 0.781. The molecule has 0 amide bonds. The van der Waals surface area contributed by atoms with E-state index >= 15 is 0 Å². The van der Waals surface area contributed by atoms with E-state index in [0.29, 0.717) is 5.56 Å². The molecule has 0 unspecified atom stereocenters. The first kappa shape index (κ1) is 12.0. The molecule has 1 aromatic carbocycles. The lowest BCUT2D eigenvalue weighted by Gasteiger charge is -2.15. The van der Waals surface area contributed by atoms with Crippen molar-refractivity contribution in [3.63, 3.8) is 0 Å². The third-order valence-electron chi connectivity index (χ3n) is 2.89. The van der Waals surface area contributed by atoms with Crippen molar-refractivity contribution in [2.45, 2.75) is 19.8 Å². The van der Waals surface area contributed by atoms with E-state index in [1.807, 2.05) is 13.0 Å². The van der Waals surface area contributed by atoms with Gasteiger partial charge < -0.3 is 5.11 Å². The highest BCUT2D eigenvalue weighted by molar-refractivity contribution is 7.85. The Bertz CT molecular complexity index is 527. The number of aromatic carboxylic acids is 1. The predicted molar refractivity (Wildman–Crippen MR) is 72.4 cm³/mol. The van der Waals surface area contributed by atoms with Crippen LogP contribution in [-0.2, 0) is 0 Å². The fraction of sp³-hybridized carbons (Fsp3) is 0.214. The molecule has 17 heavy (non-hydrogen) atoms. The highest BCUT2D eigenvalue weighted by Crippen LogP contribution is 2.32. The van der Waals surface area contributed by atoms with Gasteiger partial charge in [0.25, 0.3) is 0 Å². The second kappa shape index (κ2) is 4.80. The molecule has 0 bridgehead atoms. The zero-order valence-corrected chi connectivity index (χ0v) is 10.5. The summed E-state index contributed by atoms with van der Waals surface area (Å²) in [6, 6.07) is 5.20. The van der Waals surface area contributed by atoms with E-state index in [4.69, 9.17) is 5.11 Å². The normalized spacial score (nSPS) is 15.2. The van der Waals surface area contributed by atoms with Crippen LogP contribution >= 0.6 is 12.6 Å². The van der Waals surface area contributed by atoms with Gasteiger partial charge in [-0.25, -0.2) is 4.79 Å². The van der Waals surface area contributed by atoms with Crippen LogP contribution in [0.3, 0.4) is 0 Å². The molecular formula is C14H14O2S. The molecule has 0 aromatic heterocycles. The maximum Gasteiger partial charge on any atom is 0.335 e. The van der Waals surface area contributed by atoms with Crippen molar-refractivity contribution in [1.82, 2.24) is 0 Å². The zero-order valence-electron chi connectivity index (χ0n) is 9.60. The van der Waals surface area contributed by atoms with Crippen molar-refractivity contribution in [3.05, 3.63) is 51.9 Å². The fourth-order valence-corrected chi connectivity index (χ4v) is 2.35. The molecule has 0 atom stereocenters. The first-order chi connectivity index (χ1) is 8.09. The number of carboxylic acid groups (broad SMARTS) is 1. The first-order valence-corrected chi connectivity index (χ1v) is 5.98. The van der Waals surface area contributed by atoms with Crippen LogP contribution in [-0.4, -0.2) is 11.1 Å². The summed E-state index contributed by atoms with van der Waals surface area (Å²) in [4.78, 5) is 11.8. The maximum atomic E-state index is 10.9. The first-order valence-electron chi connectivity index (χ1n) is 5.53. The summed E-state index contributed by atoms with van der Waals surface area (Å²) in [5.41, 5.74) is 3.47. The molecule has 1 aliphatic rings. The summed E-state index contributed by atoms with van der Waals surface area (Å²) >= 11 is 4.46. The van der Waals surface area contributed by atoms with Gasteiger partial charge in [0, 0.05) is 4.91 Å². The van der Waals surface area contributed by atoms with Crippen LogP contribution in [0.5, 0.6) is 0 Å². The monoisotopic (exact) mass is 246 g/mol. The standard InChI is InChI=1S/C14H14O2S/c1-9-8-10(14(15)16)6-7-11(9)12-4-2-3-5-13(12)17/h4-8,17H,2-3H2,1H3,(H,15,16). The Morgan fingerprint density at radius 2 is 2.00 bits per heavy atom. The molecule has 1 aromatic rings.